The van der Waals surface area contributed by atoms with Gasteiger partial charge in [-0.15, -0.1) is 0 Å². The molecule has 0 aliphatic carbocycles. The van der Waals surface area contributed by atoms with Gasteiger partial charge in [-0.2, -0.15) is 0 Å². The second-order valence-electron chi connectivity index (χ2n) is 4.76. The van der Waals surface area contributed by atoms with E-state index in [2.05, 4.69) is 4.98 Å². The van der Waals surface area contributed by atoms with Crippen LogP contribution in [-0.4, -0.2) is 36.8 Å². The third kappa shape index (κ3) is 2.12. The van der Waals surface area contributed by atoms with Gasteiger partial charge in [0.05, 0.1) is 38.3 Å². The first-order chi connectivity index (χ1) is 10.2. The Hall–Kier alpha value is -2.50. The Kier molecular flexibility index (Phi) is 3.29. The van der Waals surface area contributed by atoms with E-state index in [1.165, 1.54) is 7.11 Å². The maximum absolute atomic E-state index is 11.7. The Morgan fingerprint density at radius 3 is 2.71 bits per heavy atom. The maximum Gasteiger partial charge on any atom is 0.339 e. The summed E-state index contributed by atoms with van der Waals surface area (Å²) in [4.78, 5) is 16.2. The lowest BCUT2D eigenvalue weighted by Crippen LogP contribution is -2.12. The molecule has 1 aliphatic heterocycles. The van der Waals surface area contributed by atoms with E-state index < -0.39 is 0 Å². The van der Waals surface area contributed by atoms with Gasteiger partial charge in [-0.25, -0.2) is 9.78 Å². The summed E-state index contributed by atoms with van der Waals surface area (Å²) in [6.07, 6.45) is 2.62. The lowest BCUT2D eigenvalue weighted by molar-refractivity contribution is 0.0600. The highest BCUT2D eigenvalue weighted by Gasteiger charge is 2.23. The molecule has 6 nitrogen and oxygen atoms in total. The zero-order valence-corrected chi connectivity index (χ0v) is 12.2. The monoisotopic (exact) mass is 288 g/mol. The van der Waals surface area contributed by atoms with Gasteiger partial charge in [0.1, 0.15) is 0 Å². The molecule has 0 N–H and O–H groups in total. The van der Waals surface area contributed by atoms with Gasteiger partial charge >= 0.3 is 5.97 Å². The minimum absolute atomic E-state index is 0.348. The van der Waals surface area contributed by atoms with Crippen LogP contribution in [0.5, 0.6) is 11.6 Å². The molecule has 21 heavy (non-hydrogen) atoms. The van der Waals surface area contributed by atoms with Crippen LogP contribution in [0.2, 0.25) is 0 Å². The fourth-order valence-electron chi connectivity index (χ4n) is 2.59. The van der Waals surface area contributed by atoms with Crippen molar-refractivity contribution in [2.75, 3.05) is 21.3 Å². The lowest BCUT2D eigenvalue weighted by Gasteiger charge is -2.20. The van der Waals surface area contributed by atoms with E-state index in [0.717, 1.165) is 29.9 Å². The summed E-state index contributed by atoms with van der Waals surface area (Å²) in [6, 6.07) is 3.73. The van der Waals surface area contributed by atoms with Crippen molar-refractivity contribution in [1.82, 2.24) is 9.55 Å². The van der Waals surface area contributed by atoms with Crippen molar-refractivity contribution in [3.8, 4) is 23.0 Å². The molecule has 0 aromatic carbocycles. The number of hydrogen-bond donors (Lipinski definition) is 0. The van der Waals surface area contributed by atoms with Gasteiger partial charge in [-0.1, -0.05) is 0 Å². The van der Waals surface area contributed by atoms with Gasteiger partial charge in [0.2, 0.25) is 0 Å². The molecule has 6 heteroatoms. The van der Waals surface area contributed by atoms with Crippen molar-refractivity contribution in [1.29, 1.82) is 0 Å². The molecule has 0 radical (unpaired) electrons. The van der Waals surface area contributed by atoms with E-state index in [-0.39, 0.29) is 5.97 Å². The molecule has 0 spiro atoms. The zero-order chi connectivity index (χ0) is 15.0. The van der Waals surface area contributed by atoms with Crippen molar-refractivity contribution >= 4 is 5.97 Å². The standard InChI is InChI=1S/C15H16N2O4/c1-19-12-7-9-4-5-17-8-10(15(18)21-3)6-11(17)13(9)16-14(12)20-2/h6-8H,4-5H2,1-3H3. The number of aromatic nitrogens is 2. The Balaban J connectivity index is 2.13. The molecular formula is C15H16N2O4. The minimum Gasteiger partial charge on any atom is -0.491 e. The highest BCUT2D eigenvalue weighted by molar-refractivity contribution is 5.91. The molecule has 0 bridgehead atoms. The average Bonchev–Trinajstić information content (AvgIpc) is 2.97. The highest BCUT2D eigenvalue weighted by Crippen LogP contribution is 2.36. The molecule has 2 aromatic heterocycles. The number of ether oxygens (including phenoxy) is 3. The molecule has 0 saturated heterocycles. The normalized spacial score (nSPS) is 12.3. The third-order valence-electron chi connectivity index (χ3n) is 3.63. The summed E-state index contributed by atoms with van der Waals surface area (Å²) in [5.74, 6) is 0.703. The fraction of sp³-hybridized carbons (Fsp3) is 0.333. The molecule has 0 saturated carbocycles. The molecule has 2 aromatic rings. The van der Waals surface area contributed by atoms with Crippen LogP contribution in [0.3, 0.4) is 0 Å². The number of pyridine rings is 1. The number of carbonyl (C=O) groups is 1. The van der Waals surface area contributed by atoms with Gasteiger partial charge in [-0.05, 0) is 24.1 Å². The van der Waals surface area contributed by atoms with E-state index in [1.54, 1.807) is 26.5 Å². The van der Waals surface area contributed by atoms with Crippen molar-refractivity contribution in [3.63, 3.8) is 0 Å². The first kappa shape index (κ1) is 13.5. The Labute approximate surface area is 122 Å². The van der Waals surface area contributed by atoms with Crippen molar-refractivity contribution in [3.05, 3.63) is 29.5 Å². The predicted octanol–water partition coefficient (Wildman–Crippen LogP) is 1.91. The summed E-state index contributed by atoms with van der Waals surface area (Å²) in [5, 5.41) is 0. The van der Waals surface area contributed by atoms with Crippen LogP contribution in [0.4, 0.5) is 0 Å². The third-order valence-corrected chi connectivity index (χ3v) is 3.63. The topological polar surface area (TPSA) is 62.6 Å². The maximum atomic E-state index is 11.7. The largest absolute Gasteiger partial charge is 0.491 e. The smallest absolute Gasteiger partial charge is 0.339 e. The number of esters is 1. The van der Waals surface area contributed by atoms with Gasteiger partial charge in [-0.3, -0.25) is 0 Å². The molecule has 1 aliphatic rings. The Bertz CT molecular complexity index is 706. The second-order valence-corrected chi connectivity index (χ2v) is 4.76. The number of hydrogen-bond acceptors (Lipinski definition) is 5. The van der Waals surface area contributed by atoms with Crippen LogP contribution in [0.25, 0.3) is 11.4 Å². The van der Waals surface area contributed by atoms with Gasteiger partial charge in [0.25, 0.3) is 5.88 Å². The van der Waals surface area contributed by atoms with E-state index in [1.807, 2.05) is 10.6 Å². The molecule has 110 valence electrons. The minimum atomic E-state index is -0.348. The number of carbonyl (C=O) groups excluding carboxylic acids is 1. The van der Waals surface area contributed by atoms with E-state index in [9.17, 15) is 4.79 Å². The van der Waals surface area contributed by atoms with E-state index in [4.69, 9.17) is 14.2 Å². The summed E-state index contributed by atoms with van der Waals surface area (Å²) < 4.78 is 17.3. The average molecular weight is 288 g/mol. The fourth-order valence-corrected chi connectivity index (χ4v) is 2.59. The summed E-state index contributed by atoms with van der Waals surface area (Å²) >= 11 is 0. The Morgan fingerprint density at radius 2 is 2.05 bits per heavy atom. The van der Waals surface area contributed by atoms with Gasteiger partial charge in [0.15, 0.2) is 5.75 Å². The first-order valence-corrected chi connectivity index (χ1v) is 6.58. The predicted molar refractivity (Wildman–Crippen MR) is 75.8 cm³/mol. The summed E-state index contributed by atoms with van der Waals surface area (Å²) in [6.45, 7) is 0.788. The molecule has 0 fully saturated rings. The molecule has 0 amide bonds. The van der Waals surface area contributed by atoms with Crippen molar-refractivity contribution in [2.45, 2.75) is 13.0 Å². The molecule has 0 atom stereocenters. The lowest BCUT2D eigenvalue weighted by atomic mass is 10.0. The van der Waals surface area contributed by atoms with Crippen LogP contribution in [0.15, 0.2) is 18.3 Å². The number of aryl methyl sites for hydroxylation is 2. The van der Waals surface area contributed by atoms with E-state index >= 15 is 0 Å². The zero-order valence-electron chi connectivity index (χ0n) is 12.2. The molecule has 3 heterocycles. The van der Waals surface area contributed by atoms with Gasteiger partial charge < -0.3 is 18.8 Å². The van der Waals surface area contributed by atoms with Gasteiger partial charge in [0, 0.05) is 12.7 Å². The van der Waals surface area contributed by atoms with Crippen LogP contribution in [-0.2, 0) is 17.7 Å². The molecule has 3 rings (SSSR count). The first-order valence-electron chi connectivity index (χ1n) is 6.58. The van der Waals surface area contributed by atoms with Crippen LogP contribution >= 0.6 is 0 Å². The van der Waals surface area contributed by atoms with Crippen LogP contribution in [0.1, 0.15) is 15.9 Å². The number of methoxy groups -OCH3 is 3. The number of nitrogens with zero attached hydrogens (tertiary/aromatic N) is 2. The van der Waals surface area contributed by atoms with Crippen molar-refractivity contribution < 1.29 is 19.0 Å². The van der Waals surface area contributed by atoms with Crippen LogP contribution in [0, 0.1) is 0 Å². The summed E-state index contributed by atoms with van der Waals surface area (Å²) in [7, 11) is 4.52. The highest BCUT2D eigenvalue weighted by atomic mass is 16.5. The quantitative estimate of drug-likeness (QED) is 0.807. The molecular weight excluding hydrogens is 272 g/mol. The van der Waals surface area contributed by atoms with E-state index in [0.29, 0.717) is 17.2 Å². The summed E-state index contributed by atoms with van der Waals surface area (Å²) in [5.41, 5.74) is 3.30. The molecule has 0 unspecified atom stereocenters. The Morgan fingerprint density at radius 1 is 1.24 bits per heavy atom. The number of rotatable bonds is 3. The second kappa shape index (κ2) is 5.12. The van der Waals surface area contributed by atoms with Crippen LogP contribution < -0.4 is 9.47 Å². The SMILES string of the molecule is COC(=O)c1cc2n(c1)CCc1cc(OC)c(OC)nc1-2. The van der Waals surface area contributed by atoms with Crippen molar-refractivity contribution in [2.24, 2.45) is 0 Å². The number of fused-ring (bicyclic) bond motifs is 3.